The topological polar surface area (TPSA) is 28.2 Å². The molecular weight excluding hydrogens is 198 g/mol. The van der Waals surface area contributed by atoms with E-state index in [2.05, 4.69) is 42.3 Å². The Bertz CT molecular complexity index is 272. The minimum Gasteiger partial charge on any atom is -0.314 e. The Labute approximate surface area is 98.9 Å². The predicted molar refractivity (Wildman–Crippen MR) is 68.6 cm³/mol. The molecular formula is C13H23N3. The first-order valence-corrected chi connectivity index (χ1v) is 5.99. The van der Waals surface area contributed by atoms with E-state index in [0.717, 1.165) is 19.5 Å². The van der Waals surface area contributed by atoms with E-state index in [0.29, 0.717) is 6.04 Å². The van der Waals surface area contributed by atoms with E-state index in [4.69, 9.17) is 0 Å². The van der Waals surface area contributed by atoms with Gasteiger partial charge < -0.3 is 10.2 Å². The van der Waals surface area contributed by atoms with E-state index >= 15 is 0 Å². The molecule has 16 heavy (non-hydrogen) atoms. The quantitative estimate of drug-likeness (QED) is 0.757. The van der Waals surface area contributed by atoms with Gasteiger partial charge in [-0.1, -0.05) is 13.0 Å². The van der Waals surface area contributed by atoms with Crippen LogP contribution in [-0.2, 0) is 6.42 Å². The average Bonchev–Trinajstić information content (AvgIpc) is 2.27. The van der Waals surface area contributed by atoms with Crippen LogP contribution in [0.5, 0.6) is 0 Å². The lowest BCUT2D eigenvalue weighted by Gasteiger charge is -2.20. The normalized spacial score (nSPS) is 13.0. The molecule has 1 rings (SSSR count). The summed E-state index contributed by atoms with van der Waals surface area (Å²) in [7, 11) is 4.24. The van der Waals surface area contributed by atoms with Crippen LogP contribution in [0.2, 0.25) is 0 Å². The number of nitrogens with zero attached hydrogens (tertiary/aromatic N) is 2. The third-order valence-corrected chi connectivity index (χ3v) is 2.62. The molecule has 3 nitrogen and oxygen atoms in total. The number of pyridine rings is 1. The maximum absolute atomic E-state index is 4.15. The van der Waals surface area contributed by atoms with E-state index in [9.17, 15) is 0 Å². The molecule has 0 aromatic carbocycles. The molecule has 90 valence electrons. The summed E-state index contributed by atoms with van der Waals surface area (Å²) < 4.78 is 0. The van der Waals surface area contributed by atoms with Crippen LogP contribution < -0.4 is 5.32 Å². The summed E-state index contributed by atoms with van der Waals surface area (Å²) in [6.07, 6.45) is 6.02. The highest BCUT2D eigenvalue weighted by Gasteiger charge is 2.08. The van der Waals surface area contributed by atoms with Crippen molar-refractivity contribution in [2.45, 2.75) is 25.8 Å². The average molecular weight is 221 g/mol. The van der Waals surface area contributed by atoms with E-state index in [1.807, 2.05) is 18.5 Å². The number of hydrogen-bond acceptors (Lipinski definition) is 3. The Kier molecular flexibility index (Phi) is 6.04. The lowest BCUT2D eigenvalue weighted by molar-refractivity contribution is 0.358. The van der Waals surface area contributed by atoms with Gasteiger partial charge in [0.1, 0.15) is 0 Å². The number of likely N-dealkylation sites (N-methyl/N-ethyl adjacent to an activating group) is 1. The van der Waals surface area contributed by atoms with Gasteiger partial charge in [0.25, 0.3) is 0 Å². The highest BCUT2D eigenvalue weighted by atomic mass is 15.1. The molecule has 0 aliphatic rings. The first kappa shape index (κ1) is 13.1. The van der Waals surface area contributed by atoms with Crippen molar-refractivity contribution in [3.8, 4) is 0 Å². The zero-order chi connectivity index (χ0) is 11.8. The number of hydrogen-bond donors (Lipinski definition) is 1. The van der Waals surface area contributed by atoms with Gasteiger partial charge in [-0.25, -0.2) is 0 Å². The third-order valence-electron chi connectivity index (χ3n) is 2.62. The van der Waals surface area contributed by atoms with Gasteiger partial charge >= 0.3 is 0 Å². The van der Waals surface area contributed by atoms with Crippen LogP contribution in [0.1, 0.15) is 18.9 Å². The SMILES string of the molecule is CCNC(CCN(C)C)Cc1cccnc1. The molecule has 0 fully saturated rings. The summed E-state index contributed by atoms with van der Waals surface area (Å²) in [5.74, 6) is 0. The lowest BCUT2D eigenvalue weighted by atomic mass is 10.0. The fraction of sp³-hybridized carbons (Fsp3) is 0.615. The molecule has 0 bridgehead atoms. The predicted octanol–water partition coefficient (Wildman–Crippen LogP) is 1.55. The third kappa shape index (κ3) is 5.24. The Morgan fingerprint density at radius 1 is 1.44 bits per heavy atom. The fourth-order valence-corrected chi connectivity index (χ4v) is 1.78. The zero-order valence-electron chi connectivity index (χ0n) is 10.6. The highest BCUT2D eigenvalue weighted by Crippen LogP contribution is 2.04. The van der Waals surface area contributed by atoms with Gasteiger partial charge in [-0.15, -0.1) is 0 Å². The molecule has 1 aromatic heterocycles. The largest absolute Gasteiger partial charge is 0.314 e. The summed E-state index contributed by atoms with van der Waals surface area (Å²) in [6.45, 7) is 4.31. The molecule has 0 radical (unpaired) electrons. The van der Waals surface area contributed by atoms with Gasteiger partial charge in [-0.05, 0) is 51.7 Å². The Morgan fingerprint density at radius 3 is 2.81 bits per heavy atom. The van der Waals surface area contributed by atoms with Crippen molar-refractivity contribution in [3.05, 3.63) is 30.1 Å². The van der Waals surface area contributed by atoms with Crippen molar-refractivity contribution >= 4 is 0 Å². The zero-order valence-corrected chi connectivity index (χ0v) is 10.6. The fourth-order valence-electron chi connectivity index (χ4n) is 1.78. The molecule has 0 aliphatic carbocycles. The van der Waals surface area contributed by atoms with Crippen LogP contribution in [-0.4, -0.2) is 43.1 Å². The van der Waals surface area contributed by atoms with Crippen molar-refractivity contribution in [3.63, 3.8) is 0 Å². The van der Waals surface area contributed by atoms with Crippen LogP contribution in [0, 0.1) is 0 Å². The monoisotopic (exact) mass is 221 g/mol. The molecule has 0 saturated heterocycles. The van der Waals surface area contributed by atoms with E-state index in [1.165, 1.54) is 12.0 Å². The van der Waals surface area contributed by atoms with Gasteiger partial charge in [0.2, 0.25) is 0 Å². The van der Waals surface area contributed by atoms with Crippen molar-refractivity contribution in [2.75, 3.05) is 27.2 Å². The van der Waals surface area contributed by atoms with Crippen LogP contribution in [0.3, 0.4) is 0 Å². The first-order valence-electron chi connectivity index (χ1n) is 5.99. The van der Waals surface area contributed by atoms with Crippen molar-refractivity contribution in [1.29, 1.82) is 0 Å². The summed E-state index contributed by atoms with van der Waals surface area (Å²) in [6, 6.07) is 4.70. The molecule has 0 aliphatic heterocycles. The molecule has 1 unspecified atom stereocenters. The highest BCUT2D eigenvalue weighted by molar-refractivity contribution is 5.10. The second-order valence-corrected chi connectivity index (χ2v) is 4.41. The van der Waals surface area contributed by atoms with Crippen molar-refractivity contribution in [1.82, 2.24) is 15.2 Å². The number of nitrogens with one attached hydrogen (secondary N) is 1. The first-order chi connectivity index (χ1) is 7.72. The molecule has 1 atom stereocenters. The summed E-state index contributed by atoms with van der Waals surface area (Å²) in [5, 5.41) is 3.53. The smallest absolute Gasteiger partial charge is 0.0300 e. The van der Waals surface area contributed by atoms with Crippen LogP contribution in [0.25, 0.3) is 0 Å². The van der Waals surface area contributed by atoms with Gasteiger partial charge in [0, 0.05) is 18.4 Å². The minimum atomic E-state index is 0.552. The summed E-state index contributed by atoms with van der Waals surface area (Å²) >= 11 is 0. The van der Waals surface area contributed by atoms with Crippen LogP contribution in [0.4, 0.5) is 0 Å². The summed E-state index contributed by atoms with van der Waals surface area (Å²) in [4.78, 5) is 6.38. The van der Waals surface area contributed by atoms with E-state index < -0.39 is 0 Å². The Balaban J connectivity index is 2.44. The van der Waals surface area contributed by atoms with Crippen LogP contribution >= 0.6 is 0 Å². The number of rotatable bonds is 7. The van der Waals surface area contributed by atoms with E-state index in [1.54, 1.807) is 0 Å². The maximum atomic E-state index is 4.15. The molecule has 0 saturated carbocycles. The Morgan fingerprint density at radius 2 is 2.25 bits per heavy atom. The summed E-state index contributed by atoms with van der Waals surface area (Å²) in [5.41, 5.74) is 1.31. The van der Waals surface area contributed by atoms with E-state index in [-0.39, 0.29) is 0 Å². The van der Waals surface area contributed by atoms with Crippen LogP contribution in [0.15, 0.2) is 24.5 Å². The molecule has 3 heteroatoms. The molecule has 0 amide bonds. The Hall–Kier alpha value is -0.930. The number of aromatic nitrogens is 1. The molecule has 0 spiro atoms. The second kappa shape index (κ2) is 7.36. The second-order valence-electron chi connectivity index (χ2n) is 4.41. The standard InChI is InChI=1S/C13H23N3/c1-4-15-13(7-9-16(2)3)10-12-6-5-8-14-11-12/h5-6,8,11,13,15H,4,7,9-10H2,1-3H3. The van der Waals surface area contributed by atoms with Gasteiger partial charge in [-0.3, -0.25) is 4.98 Å². The van der Waals surface area contributed by atoms with Crippen molar-refractivity contribution < 1.29 is 0 Å². The maximum Gasteiger partial charge on any atom is 0.0300 e. The van der Waals surface area contributed by atoms with Crippen molar-refractivity contribution in [2.24, 2.45) is 0 Å². The van der Waals surface area contributed by atoms with Gasteiger partial charge in [0.05, 0.1) is 0 Å². The lowest BCUT2D eigenvalue weighted by Crippen LogP contribution is -2.34. The minimum absolute atomic E-state index is 0.552. The van der Waals surface area contributed by atoms with Gasteiger partial charge in [-0.2, -0.15) is 0 Å². The van der Waals surface area contributed by atoms with Gasteiger partial charge in [0.15, 0.2) is 0 Å². The molecule has 1 aromatic rings. The molecule has 1 N–H and O–H groups in total. The molecule has 1 heterocycles.